The summed E-state index contributed by atoms with van der Waals surface area (Å²) in [5.74, 6) is 2.20. The second kappa shape index (κ2) is 8.66. The van der Waals surface area contributed by atoms with Gasteiger partial charge < -0.3 is 14.2 Å². The fourth-order valence-corrected chi connectivity index (χ4v) is 4.19. The van der Waals surface area contributed by atoms with Crippen LogP contribution in [0.3, 0.4) is 0 Å². The molecule has 0 atom stereocenters. The van der Waals surface area contributed by atoms with Gasteiger partial charge in [0.05, 0.1) is 19.6 Å². The van der Waals surface area contributed by atoms with E-state index in [1.54, 1.807) is 0 Å². The van der Waals surface area contributed by atoms with Crippen LogP contribution in [-0.4, -0.2) is 89.8 Å². The summed E-state index contributed by atoms with van der Waals surface area (Å²) in [5, 5.41) is 0. The van der Waals surface area contributed by atoms with Crippen molar-refractivity contribution >= 4 is 11.8 Å². The van der Waals surface area contributed by atoms with E-state index >= 15 is 0 Å². The normalized spacial score (nSPS) is 21.2. The van der Waals surface area contributed by atoms with Crippen molar-refractivity contribution in [2.24, 2.45) is 0 Å². The molecule has 7 heteroatoms. The average Bonchev–Trinajstić information content (AvgIpc) is 3.19. The van der Waals surface area contributed by atoms with Crippen molar-refractivity contribution in [2.75, 3.05) is 52.4 Å². The van der Waals surface area contributed by atoms with Crippen LogP contribution in [0.2, 0.25) is 0 Å². The highest BCUT2D eigenvalue weighted by atomic mass is 16.3. The minimum absolute atomic E-state index is 0.193. The molecule has 0 radical (unpaired) electrons. The Balaban J connectivity index is 1.23. The van der Waals surface area contributed by atoms with Crippen molar-refractivity contribution < 1.29 is 14.0 Å². The Kier molecular flexibility index (Phi) is 6.01. The van der Waals surface area contributed by atoms with E-state index < -0.39 is 0 Å². The molecule has 3 aliphatic rings. The van der Waals surface area contributed by atoms with Gasteiger partial charge in [-0.25, -0.2) is 0 Å². The first kappa shape index (κ1) is 19.5. The van der Waals surface area contributed by atoms with Crippen molar-refractivity contribution in [3.63, 3.8) is 0 Å². The Morgan fingerprint density at radius 3 is 2.21 bits per heavy atom. The molecule has 0 spiro atoms. The van der Waals surface area contributed by atoms with E-state index in [0.29, 0.717) is 25.7 Å². The number of hydrogen-bond donors (Lipinski definition) is 0. The zero-order valence-corrected chi connectivity index (χ0v) is 16.9. The van der Waals surface area contributed by atoms with Gasteiger partial charge in [-0.2, -0.15) is 0 Å². The monoisotopic (exact) mass is 388 g/mol. The van der Waals surface area contributed by atoms with E-state index in [1.807, 2.05) is 28.9 Å². The van der Waals surface area contributed by atoms with E-state index in [1.165, 1.54) is 0 Å². The van der Waals surface area contributed by atoms with Gasteiger partial charge in [0.1, 0.15) is 11.5 Å². The molecule has 1 saturated carbocycles. The van der Waals surface area contributed by atoms with Gasteiger partial charge in [-0.05, 0) is 44.7 Å². The van der Waals surface area contributed by atoms with Gasteiger partial charge in [0.2, 0.25) is 11.8 Å². The summed E-state index contributed by atoms with van der Waals surface area (Å²) in [6, 6.07) is 4.29. The van der Waals surface area contributed by atoms with Gasteiger partial charge in [-0.3, -0.25) is 19.4 Å². The van der Waals surface area contributed by atoms with Crippen LogP contribution in [0, 0.1) is 6.92 Å². The Labute approximate surface area is 167 Å². The highest BCUT2D eigenvalue weighted by Crippen LogP contribution is 2.29. The minimum atomic E-state index is 0.193. The summed E-state index contributed by atoms with van der Waals surface area (Å²) in [7, 11) is 0. The number of carbonyl (C=O) groups excluding carboxylic acids is 2. The number of amides is 2. The van der Waals surface area contributed by atoms with Gasteiger partial charge >= 0.3 is 0 Å². The van der Waals surface area contributed by atoms with Gasteiger partial charge in [-0.1, -0.05) is 0 Å². The summed E-state index contributed by atoms with van der Waals surface area (Å²) in [5.41, 5.74) is 0. The maximum Gasteiger partial charge on any atom is 0.237 e. The first-order valence-corrected chi connectivity index (χ1v) is 10.7. The van der Waals surface area contributed by atoms with Gasteiger partial charge in [0, 0.05) is 45.3 Å². The summed E-state index contributed by atoms with van der Waals surface area (Å²) in [4.78, 5) is 33.7. The number of nitrogens with zero attached hydrogens (tertiary/aromatic N) is 4. The molecule has 0 bridgehead atoms. The van der Waals surface area contributed by atoms with Crippen LogP contribution >= 0.6 is 0 Å². The highest BCUT2D eigenvalue weighted by Gasteiger charge is 2.34. The van der Waals surface area contributed by atoms with Crippen molar-refractivity contribution in [2.45, 2.75) is 45.2 Å². The van der Waals surface area contributed by atoms with Crippen molar-refractivity contribution in [3.05, 3.63) is 23.7 Å². The molecule has 7 nitrogen and oxygen atoms in total. The molecule has 0 unspecified atom stereocenters. The van der Waals surface area contributed by atoms with Crippen LogP contribution in [0.4, 0.5) is 0 Å². The molecule has 3 fully saturated rings. The third-order valence-electron chi connectivity index (χ3n) is 6.07. The molecular formula is C21H32N4O3. The summed E-state index contributed by atoms with van der Waals surface area (Å²) < 4.78 is 5.68. The molecular weight excluding hydrogens is 356 g/mol. The summed E-state index contributed by atoms with van der Waals surface area (Å²) in [6.07, 6.45) is 4.46. The van der Waals surface area contributed by atoms with Crippen LogP contribution in [-0.2, 0) is 16.1 Å². The fourth-order valence-electron chi connectivity index (χ4n) is 4.19. The lowest BCUT2D eigenvalue weighted by Crippen LogP contribution is -2.52. The molecule has 2 saturated heterocycles. The number of hydrogen-bond acceptors (Lipinski definition) is 5. The molecule has 4 rings (SSSR count). The fraction of sp³-hybridized carbons (Fsp3) is 0.714. The van der Waals surface area contributed by atoms with Crippen molar-refractivity contribution in [1.82, 2.24) is 19.6 Å². The number of aryl methyl sites for hydroxylation is 1. The van der Waals surface area contributed by atoms with Gasteiger partial charge in [0.25, 0.3) is 0 Å². The maximum absolute atomic E-state index is 12.9. The Morgan fingerprint density at radius 1 is 1.00 bits per heavy atom. The largest absolute Gasteiger partial charge is 0.464 e. The first-order valence-electron chi connectivity index (χ1n) is 10.7. The third kappa shape index (κ3) is 4.94. The number of rotatable bonds is 7. The van der Waals surface area contributed by atoms with E-state index in [2.05, 4.69) is 9.80 Å². The molecule has 154 valence electrons. The molecule has 0 aromatic carbocycles. The predicted octanol–water partition coefficient (Wildman–Crippen LogP) is 1.32. The van der Waals surface area contributed by atoms with Crippen LogP contribution in [0.15, 0.2) is 16.5 Å². The highest BCUT2D eigenvalue weighted by molar-refractivity contribution is 5.79. The number of likely N-dealkylation sites (tertiary alicyclic amines) is 1. The van der Waals surface area contributed by atoms with Crippen molar-refractivity contribution in [3.8, 4) is 0 Å². The molecule has 1 aromatic heterocycles. The quantitative estimate of drug-likeness (QED) is 0.705. The molecule has 2 aliphatic heterocycles. The zero-order chi connectivity index (χ0) is 19.5. The molecule has 28 heavy (non-hydrogen) atoms. The van der Waals surface area contributed by atoms with Gasteiger partial charge in [0.15, 0.2) is 0 Å². The topological polar surface area (TPSA) is 60.2 Å². The first-order chi connectivity index (χ1) is 13.6. The third-order valence-corrected chi connectivity index (χ3v) is 6.07. The lowest BCUT2D eigenvalue weighted by molar-refractivity contribution is -0.135. The number of carbonyl (C=O) groups is 2. The molecule has 1 aliphatic carbocycles. The smallest absolute Gasteiger partial charge is 0.237 e. The number of piperazine rings is 1. The second-order valence-electron chi connectivity index (χ2n) is 8.41. The lowest BCUT2D eigenvalue weighted by atomic mass is 10.3. The van der Waals surface area contributed by atoms with E-state index in [9.17, 15) is 9.59 Å². The summed E-state index contributed by atoms with van der Waals surface area (Å²) >= 11 is 0. The predicted molar refractivity (Wildman–Crippen MR) is 106 cm³/mol. The second-order valence-corrected chi connectivity index (χ2v) is 8.41. The van der Waals surface area contributed by atoms with Crippen LogP contribution < -0.4 is 0 Å². The number of furan rings is 1. The van der Waals surface area contributed by atoms with Gasteiger partial charge in [-0.15, -0.1) is 0 Å². The van der Waals surface area contributed by atoms with E-state index in [-0.39, 0.29) is 11.8 Å². The van der Waals surface area contributed by atoms with Crippen molar-refractivity contribution in [1.29, 1.82) is 0 Å². The Bertz CT molecular complexity index is 686. The van der Waals surface area contributed by atoms with Crippen LogP contribution in [0.1, 0.15) is 37.2 Å². The summed E-state index contributed by atoms with van der Waals surface area (Å²) in [6.45, 7) is 8.72. The Morgan fingerprint density at radius 2 is 1.64 bits per heavy atom. The minimum Gasteiger partial charge on any atom is -0.464 e. The van der Waals surface area contributed by atoms with E-state index in [4.69, 9.17) is 4.42 Å². The van der Waals surface area contributed by atoms with Crippen LogP contribution in [0.25, 0.3) is 0 Å². The standard InChI is InChI=1S/C21H32N4O3/c1-17-4-7-19(28-17)14-25(18-5-6-18)21(27)16-23-12-10-22(11-13-23)15-20(26)24-8-2-3-9-24/h4,7,18H,2-3,5-6,8-16H2,1H3. The molecule has 1 aromatic rings. The SMILES string of the molecule is Cc1ccc(CN(C(=O)CN2CCN(CC(=O)N3CCCC3)CC2)C2CC2)o1. The Hall–Kier alpha value is -1.86. The average molecular weight is 389 g/mol. The maximum atomic E-state index is 12.9. The molecule has 2 amide bonds. The molecule has 0 N–H and O–H groups in total. The molecule has 3 heterocycles. The van der Waals surface area contributed by atoms with Crippen LogP contribution in [0.5, 0.6) is 0 Å². The lowest BCUT2D eigenvalue weighted by Gasteiger charge is -2.35. The van der Waals surface area contributed by atoms with E-state index in [0.717, 1.165) is 76.5 Å². The zero-order valence-electron chi connectivity index (χ0n) is 16.9.